The van der Waals surface area contributed by atoms with Crippen LogP contribution in [0.1, 0.15) is 36.5 Å². The van der Waals surface area contributed by atoms with E-state index < -0.39 is 0 Å². The molecule has 136 valence electrons. The fraction of sp³-hybridized carbons (Fsp3) is 0.429. The Morgan fingerprint density at radius 3 is 2.44 bits per heavy atom. The van der Waals surface area contributed by atoms with Gasteiger partial charge in [-0.15, -0.1) is 0 Å². The van der Waals surface area contributed by atoms with Crippen molar-refractivity contribution >= 4 is 0 Å². The van der Waals surface area contributed by atoms with E-state index in [9.17, 15) is 0 Å². The molecular weight excluding hydrogens is 314 g/mol. The van der Waals surface area contributed by atoms with Crippen LogP contribution in [-0.4, -0.2) is 26.9 Å². The van der Waals surface area contributed by atoms with Gasteiger partial charge in [-0.3, -0.25) is 0 Å². The van der Waals surface area contributed by atoms with Crippen LogP contribution in [0.3, 0.4) is 0 Å². The maximum absolute atomic E-state index is 5.92. The Kier molecular flexibility index (Phi) is 7.14. The Morgan fingerprint density at radius 2 is 1.80 bits per heavy atom. The Labute approximate surface area is 150 Å². The fourth-order valence-corrected chi connectivity index (χ4v) is 2.93. The Balaban J connectivity index is 1.94. The van der Waals surface area contributed by atoms with Gasteiger partial charge in [-0.05, 0) is 60.7 Å². The number of methoxy groups -OCH3 is 1. The predicted molar refractivity (Wildman–Crippen MR) is 102 cm³/mol. The number of hydrogen-bond acceptors (Lipinski definition) is 4. The lowest BCUT2D eigenvalue weighted by molar-refractivity contribution is 0.210. The Bertz CT molecular complexity index is 683. The second-order valence-electron chi connectivity index (χ2n) is 6.36. The van der Waals surface area contributed by atoms with Gasteiger partial charge in [0.1, 0.15) is 19.0 Å². The average molecular weight is 343 g/mol. The molecule has 0 radical (unpaired) electrons. The van der Waals surface area contributed by atoms with Crippen molar-refractivity contribution in [3.8, 4) is 17.2 Å². The first-order valence-electron chi connectivity index (χ1n) is 8.79. The molecular formula is C21H29NO3. The van der Waals surface area contributed by atoms with Gasteiger partial charge in [-0.2, -0.15) is 0 Å². The molecule has 0 aliphatic rings. The molecule has 0 aliphatic carbocycles. The summed E-state index contributed by atoms with van der Waals surface area (Å²) < 4.78 is 17.1. The normalized spacial score (nSPS) is 10.8. The molecule has 0 unspecified atom stereocenters. The summed E-state index contributed by atoms with van der Waals surface area (Å²) in [5.74, 6) is 2.87. The van der Waals surface area contributed by atoms with E-state index in [4.69, 9.17) is 19.9 Å². The molecule has 0 amide bonds. The summed E-state index contributed by atoms with van der Waals surface area (Å²) in [6.07, 6.45) is 0.753. The summed E-state index contributed by atoms with van der Waals surface area (Å²) in [5.41, 5.74) is 9.34. The summed E-state index contributed by atoms with van der Waals surface area (Å²) in [5, 5.41) is 0. The van der Waals surface area contributed by atoms with E-state index in [1.807, 2.05) is 24.3 Å². The number of ether oxygens (including phenoxy) is 3. The monoisotopic (exact) mass is 343 g/mol. The van der Waals surface area contributed by atoms with Gasteiger partial charge in [0, 0.05) is 0 Å². The standard InChI is InChI=1S/C21H29NO3/c1-15(2)19-9-8-18(14-16(19)3)24-12-13-25-21-17(10-11-22)6-5-7-20(21)23-4/h5-9,14-15H,10-13,22H2,1-4H3. The first-order chi connectivity index (χ1) is 12.1. The van der Waals surface area contributed by atoms with Crippen LogP contribution >= 0.6 is 0 Å². The summed E-state index contributed by atoms with van der Waals surface area (Å²) in [7, 11) is 1.64. The van der Waals surface area contributed by atoms with Crippen molar-refractivity contribution in [1.82, 2.24) is 0 Å². The predicted octanol–water partition coefficient (Wildman–Crippen LogP) is 4.09. The second kappa shape index (κ2) is 9.33. The molecule has 4 heteroatoms. The lowest BCUT2D eigenvalue weighted by Gasteiger charge is -2.16. The number of aryl methyl sites for hydroxylation is 1. The third-order valence-electron chi connectivity index (χ3n) is 4.16. The molecule has 0 atom stereocenters. The molecule has 2 aromatic rings. The minimum absolute atomic E-state index is 0.447. The molecule has 25 heavy (non-hydrogen) atoms. The molecule has 2 aromatic carbocycles. The maximum Gasteiger partial charge on any atom is 0.164 e. The summed E-state index contributed by atoms with van der Waals surface area (Å²) >= 11 is 0. The smallest absolute Gasteiger partial charge is 0.164 e. The van der Waals surface area contributed by atoms with E-state index >= 15 is 0 Å². The number of rotatable bonds is 9. The van der Waals surface area contributed by atoms with Crippen molar-refractivity contribution in [2.24, 2.45) is 5.73 Å². The minimum atomic E-state index is 0.447. The highest BCUT2D eigenvalue weighted by atomic mass is 16.5. The third kappa shape index (κ3) is 5.13. The SMILES string of the molecule is COc1cccc(CCN)c1OCCOc1ccc(C(C)C)c(C)c1. The first kappa shape index (κ1) is 19.1. The van der Waals surface area contributed by atoms with Crippen LogP contribution in [0.4, 0.5) is 0 Å². The van der Waals surface area contributed by atoms with E-state index in [1.165, 1.54) is 11.1 Å². The summed E-state index contributed by atoms with van der Waals surface area (Å²) in [4.78, 5) is 0. The van der Waals surface area contributed by atoms with Crippen LogP contribution in [0.25, 0.3) is 0 Å². The van der Waals surface area contributed by atoms with E-state index in [-0.39, 0.29) is 0 Å². The highest BCUT2D eigenvalue weighted by Gasteiger charge is 2.10. The molecule has 0 aromatic heterocycles. The van der Waals surface area contributed by atoms with Gasteiger partial charge in [-0.25, -0.2) is 0 Å². The molecule has 4 nitrogen and oxygen atoms in total. The highest BCUT2D eigenvalue weighted by molar-refractivity contribution is 5.46. The van der Waals surface area contributed by atoms with Crippen molar-refractivity contribution in [3.63, 3.8) is 0 Å². The minimum Gasteiger partial charge on any atom is -0.493 e. The second-order valence-corrected chi connectivity index (χ2v) is 6.36. The number of nitrogens with two attached hydrogens (primary N) is 1. The molecule has 2 N–H and O–H groups in total. The zero-order valence-corrected chi connectivity index (χ0v) is 15.7. The molecule has 0 saturated carbocycles. The lowest BCUT2D eigenvalue weighted by atomic mass is 9.98. The van der Waals surface area contributed by atoms with Gasteiger partial charge in [0.2, 0.25) is 0 Å². The highest BCUT2D eigenvalue weighted by Crippen LogP contribution is 2.31. The van der Waals surface area contributed by atoms with Gasteiger partial charge in [0.25, 0.3) is 0 Å². The van der Waals surface area contributed by atoms with E-state index in [1.54, 1.807) is 7.11 Å². The van der Waals surface area contributed by atoms with Crippen LogP contribution in [-0.2, 0) is 6.42 Å². The van der Waals surface area contributed by atoms with Gasteiger partial charge in [0.15, 0.2) is 11.5 Å². The molecule has 0 heterocycles. The third-order valence-corrected chi connectivity index (χ3v) is 4.16. The van der Waals surface area contributed by atoms with Crippen LogP contribution < -0.4 is 19.9 Å². The molecule has 0 aliphatic heterocycles. The van der Waals surface area contributed by atoms with Gasteiger partial charge in [-0.1, -0.05) is 32.0 Å². The van der Waals surface area contributed by atoms with Crippen LogP contribution in [0.5, 0.6) is 17.2 Å². The zero-order chi connectivity index (χ0) is 18.2. The van der Waals surface area contributed by atoms with Crippen molar-refractivity contribution in [2.45, 2.75) is 33.1 Å². The zero-order valence-electron chi connectivity index (χ0n) is 15.7. The van der Waals surface area contributed by atoms with Crippen LogP contribution in [0, 0.1) is 6.92 Å². The van der Waals surface area contributed by atoms with Gasteiger partial charge < -0.3 is 19.9 Å². The van der Waals surface area contributed by atoms with Crippen molar-refractivity contribution in [1.29, 1.82) is 0 Å². The molecule has 0 bridgehead atoms. The number of hydrogen-bond donors (Lipinski definition) is 1. The van der Waals surface area contributed by atoms with Crippen molar-refractivity contribution in [2.75, 3.05) is 26.9 Å². The van der Waals surface area contributed by atoms with E-state index in [0.29, 0.717) is 25.7 Å². The topological polar surface area (TPSA) is 53.7 Å². The number of para-hydroxylation sites is 1. The molecule has 0 spiro atoms. The Hall–Kier alpha value is -2.20. The van der Waals surface area contributed by atoms with Crippen molar-refractivity contribution < 1.29 is 14.2 Å². The largest absolute Gasteiger partial charge is 0.493 e. The Morgan fingerprint density at radius 1 is 1.04 bits per heavy atom. The number of benzene rings is 2. The molecule has 0 saturated heterocycles. The lowest BCUT2D eigenvalue weighted by Crippen LogP contribution is -2.12. The van der Waals surface area contributed by atoms with E-state index in [2.05, 4.69) is 32.9 Å². The van der Waals surface area contributed by atoms with Crippen LogP contribution in [0.2, 0.25) is 0 Å². The van der Waals surface area contributed by atoms with Crippen molar-refractivity contribution in [3.05, 3.63) is 53.1 Å². The van der Waals surface area contributed by atoms with E-state index in [0.717, 1.165) is 29.2 Å². The first-order valence-corrected chi connectivity index (χ1v) is 8.79. The molecule has 0 fully saturated rings. The van der Waals surface area contributed by atoms with Gasteiger partial charge >= 0.3 is 0 Å². The van der Waals surface area contributed by atoms with Gasteiger partial charge in [0.05, 0.1) is 7.11 Å². The summed E-state index contributed by atoms with van der Waals surface area (Å²) in [6.45, 7) is 8.00. The molecule has 2 rings (SSSR count). The maximum atomic E-state index is 5.92. The quantitative estimate of drug-likeness (QED) is 0.697. The average Bonchev–Trinajstić information content (AvgIpc) is 2.59. The summed E-state index contributed by atoms with van der Waals surface area (Å²) in [6, 6.07) is 12.1. The van der Waals surface area contributed by atoms with Crippen LogP contribution in [0.15, 0.2) is 36.4 Å². The fourth-order valence-electron chi connectivity index (χ4n) is 2.93.